The van der Waals surface area contributed by atoms with Gasteiger partial charge in [0.2, 0.25) is 0 Å². The molecule has 0 radical (unpaired) electrons. The van der Waals surface area contributed by atoms with Crippen molar-refractivity contribution in [3.05, 3.63) is 24.8 Å². The van der Waals surface area contributed by atoms with E-state index in [9.17, 15) is 9.90 Å². The lowest BCUT2D eigenvalue weighted by Crippen LogP contribution is -2.20. The summed E-state index contributed by atoms with van der Waals surface area (Å²) >= 11 is 0. The maximum atomic E-state index is 10.8. The second-order valence-electron chi connectivity index (χ2n) is 2.97. The van der Waals surface area contributed by atoms with Gasteiger partial charge in [-0.1, -0.05) is 18.2 Å². The highest BCUT2D eigenvalue weighted by molar-refractivity contribution is 5.74. The first-order valence-electron chi connectivity index (χ1n) is 4.74. The topological polar surface area (TPSA) is 46.5 Å². The number of carbonyl (C=O) groups excluding carboxylic acids is 1. The predicted molar refractivity (Wildman–Crippen MR) is 55.8 cm³/mol. The lowest BCUT2D eigenvalue weighted by Gasteiger charge is -2.03. The lowest BCUT2D eigenvalue weighted by atomic mass is 10.2. The largest absolute Gasteiger partial charge is 0.467 e. The third-order valence-electron chi connectivity index (χ3n) is 1.78. The number of hydrogen-bond donors (Lipinski definition) is 1. The van der Waals surface area contributed by atoms with Gasteiger partial charge in [-0.15, -0.1) is 6.58 Å². The Morgan fingerprint density at radius 1 is 1.50 bits per heavy atom. The summed E-state index contributed by atoms with van der Waals surface area (Å²) in [5.41, 5.74) is 0. The third kappa shape index (κ3) is 6.43. The van der Waals surface area contributed by atoms with Gasteiger partial charge in [0.25, 0.3) is 0 Å². The first-order valence-corrected chi connectivity index (χ1v) is 4.74. The van der Waals surface area contributed by atoms with E-state index in [4.69, 9.17) is 0 Å². The molecule has 0 aromatic rings. The van der Waals surface area contributed by atoms with Gasteiger partial charge in [0.05, 0.1) is 7.11 Å². The number of rotatable bonds is 7. The Hall–Kier alpha value is -1.09. The molecular formula is C11H18O3. The number of aliphatic hydroxyl groups excluding tert-OH is 1. The number of allylic oxidation sites excluding steroid dienone is 2. The standard InChI is InChI=1S/C11H18O3/c1-3-4-5-6-7-8-9-10(12)11(13)14-2/h3,7-8,10,12H,1,4-6,9H2,2H3/b8-7+. The van der Waals surface area contributed by atoms with Crippen molar-refractivity contribution in [3.8, 4) is 0 Å². The second-order valence-corrected chi connectivity index (χ2v) is 2.97. The Bertz CT molecular complexity index is 197. The number of aliphatic hydroxyl groups is 1. The minimum atomic E-state index is -1.03. The van der Waals surface area contributed by atoms with Crippen molar-refractivity contribution in [1.29, 1.82) is 0 Å². The molecule has 0 aromatic carbocycles. The number of hydrogen-bond acceptors (Lipinski definition) is 3. The van der Waals surface area contributed by atoms with Crippen molar-refractivity contribution in [2.24, 2.45) is 0 Å². The summed E-state index contributed by atoms with van der Waals surface area (Å²) in [6.07, 6.45) is 7.90. The van der Waals surface area contributed by atoms with Crippen LogP contribution in [0, 0.1) is 0 Å². The summed E-state index contributed by atoms with van der Waals surface area (Å²) in [6.45, 7) is 3.62. The first-order chi connectivity index (χ1) is 6.72. The number of esters is 1. The molecule has 0 bridgehead atoms. The van der Waals surface area contributed by atoms with Crippen LogP contribution in [0.1, 0.15) is 25.7 Å². The van der Waals surface area contributed by atoms with Gasteiger partial charge in [-0.05, 0) is 19.3 Å². The number of carbonyl (C=O) groups is 1. The lowest BCUT2D eigenvalue weighted by molar-refractivity contribution is -0.150. The van der Waals surface area contributed by atoms with Crippen molar-refractivity contribution in [1.82, 2.24) is 0 Å². The van der Waals surface area contributed by atoms with Gasteiger partial charge < -0.3 is 9.84 Å². The van der Waals surface area contributed by atoms with Crippen LogP contribution in [0.2, 0.25) is 0 Å². The molecule has 3 heteroatoms. The van der Waals surface area contributed by atoms with Crippen LogP contribution in [0.15, 0.2) is 24.8 Å². The van der Waals surface area contributed by atoms with Crippen LogP contribution in [0.4, 0.5) is 0 Å². The third-order valence-corrected chi connectivity index (χ3v) is 1.78. The summed E-state index contributed by atoms with van der Waals surface area (Å²) in [5.74, 6) is -0.583. The van der Waals surface area contributed by atoms with Crippen molar-refractivity contribution in [2.75, 3.05) is 7.11 Å². The molecule has 0 heterocycles. The molecule has 1 unspecified atom stereocenters. The van der Waals surface area contributed by atoms with Crippen molar-refractivity contribution < 1.29 is 14.6 Å². The van der Waals surface area contributed by atoms with E-state index < -0.39 is 12.1 Å². The molecule has 14 heavy (non-hydrogen) atoms. The molecule has 0 spiro atoms. The Kier molecular flexibility index (Phi) is 7.84. The van der Waals surface area contributed by atoms with E-state index in [1.807, 2.05) is 12.2 Å². The van der Waals surface area contributed by atoms with Gasteiger partial charge in [-0.25, -0.2) is 4.79 Å². The fourth-order valence-corrected chi connectivity index (χ4v) is 0.955. The molecule has 1 N–H and O–H groups in total. The molecular weight excluding hydrogens is 180 g/mol. The quantitative estimate of drug-likeness (QED) is 0.385. The van der Waals surface area contributed by atoms with Crippen molar-refractivity contribution in [2.45, 2.75) is 31.8 Å². The molecule has 0 aliphatic heterocycles. The number of ether oxygens (including phenoxy) is 1. The van der Waals surface area contributed by atoms with E-state index in [2.05, 4.69) is 11.3 Å². The van der Waals surface area contributed by atoms with Crippen LogP contribution in [0.25, 0.3) is 0 Å². The van der Waals surface area contributed by atoms with E-state index >= 15 is 0 Å². The summed E-state index contributed by atoms with van der Waals surface area (Å²) in [7, 11) is 1.26. The monoisotopic (exact) mass is 198 g/mol. The van der Waals surface area contributed by atoms with Crippen LogP contribution in [-0.2, 0) is 9.53 Å². The predicted octanol–water partition coefficient (Wildman–Crippen LogP) is 1.82. The Morgan fingerprint density at radius 2 is 2.21 bits per heavy atom. The highest BCUT2D eigenvalue weighted by atomic mass is 16.5. The number of methoxy groups -OCH3 is 1. The van der Waals surface area contributed by atoms with Gasteiger partial charge in [-0.3, -0.25) is 0 Å². The van der Waals surface area contributed by atoms with Crippen LogP contribution < -0.4 is 0 Å². The van der Waals surface area contributed by atoms with Gasteiger partial charge in [0, 0.05) is 6.42 Å². The van der Waals surface area contributed by atoms with Crippen LogP contribution in [-0.4, -0.2) is 24.3 Å². The van der Waals surface area contributed by atoms with Gasteiger partial charge in [-0.2, -0.15) is 0 Å². The molecule has 3 nitrogen and oxygen atoms in total. The highest BCUT2D eigenvalue weighted by Crippen LogP contribution is 2.00. The zero-order valence-corrected chi connectivity index (χ0v) is 8.61. The molecule has 0 saturated heterocycles. The van der Waals surface area contributed by atoms with E-state index in [-0.39, 0.29) is 0 Å². The average molecular weight is 198 g/mol. The minimum absolute atomic E-state index is 0.320. The molecule has 0 fully saturated rings. The molecule has 0 amide bonds. The maximum Gasteiger partial charge on any atom is 0.335 e. The fraction of sp³-hybridized carbons (Fsp3) is 0.545. The fourth-order valence-electron chi connectivity index (χ4n) is 0.955. The van der Waals surface area contributed by atoms with Gasteiger partial charge >= 0.3 is 5.97 Å². The van der Waals surface area contributed by atoms with Crippen LogP contribution in [0.5, 0.6) is 0 Å². The molecule has 0 aromatic heterocycles. The summed E-state index contributed by atoms with van der Waals surface area (Å²) in [4.78, 5) is 10.8. The van der Waals surface area contributed by atoms with E-state index in [1.165, 1.54) is 7.11 Å². The van der Waals surface area contributed by atoms with Crippen LogP contribution >= 0.6 is 0 Å². The van der Waals surface area contributed by atoms with Crippen LogP contribution in [0.3, 0.4) is 0 Å². The molecule has 0 aliphatic rings. The highest BCUT2D eigenvalue weighted by Gasteiger charge is 2.12. The molecule has 0 saturated carbocycles. The molecule has 80 valence electrons. The molecule has 0 rings (SSSR count). The maximum absolute atomic E-state index is 10.8. The Balaban J connectivity index is 3.50. The van der Waals surface area contributed by atoms with Gasteiger partial charge in [0.1, 0.15) is 0 Å². The smallest absolute Gasteiger partial charge is 0.335 e. The summed E-state index contributed by atoms with van der Waals surface area (Å²) < 4.78 is 4.37. The average Bonchev–Trinajstić information content (AvgIpc) is 2.21. The zero-order chi connectivity index (χ0) is 10.8. The van der Waals surface area contributed by atoms with E-state index in [1.54, 1.807) is 6.08 Å². The number of unbranched alkanes of at least 4 members (excludes halogenated alkanes) is 2. The first kappa shape index (κ1) is 12.9. The van der Waals surface area contributed by atoms with E-state index in [0.29, 0.717) is 6.42 Å². The SMILES string of the molecule is C=CCCC/C=C/CC(O)C(=O)OC. The van der Waals surface area contributed by atoms with E-state index in [0.717, 1.165) is 19.3 Å². The Labute approximate surface area is 85.1 Å². The molecule has 1 atom stereocenters. The molecule has 0 aliphatic carbocycles. The van der Waals surface area contributed by atoms with Crippen molar-refractivity contribution in [3.63, 3.8) is 0 Å². The summed E-state index contributed by atoms with van der Waals surface area (Å²) in [6, 6.07) is 0. The van der Waals surface area contributed by atoms with Crippen molar-refractivity contribution >= 4 is 5.97 Å². The normalized spacial score (nSPS) is 12.7. The summed E-state index contributed by atoms with van der Waals surface area (Å²) in [5, 5.41) is 9.18. The van der Waals surface area contributed by atoms with Gasteiger partial charge in [0.15, 0.2) is 6.10 Å². The second kappa shape index (κ2) is 8.51. The zero-order valence-electron chi connectivity index (χ0n) is 8.61. The minimum Gasteiger partial charge on any atom is -0.467 e. The Morgan fingerprint density at radius 3 is 2.79 bits per heavy atom.